The van der Waals surface area contributed by atoms with Gasteiger partial charge in [-0.1, -0.05) is 13.8 Å². The molecule has 0 saturated heterocycles. The molecular weight excluding hydrogens is 288 g/mol. The van der Waals surface area contributed by atoms with E-state index in [1.807, 2.05) is 32.5 Å². The molecule has 0 aromatic carbocycles. The SMILES string of the molecule is CC(C)OC(C)(S)CCSC(C)(C)OC(C)(C)C(C)C. The van der Waals surface area contributed by atoms with Crippen molar-refractivity contribution in [3.05, 3.63) is 0 Å². The van der Waals surface area contributed by atoms with Crippen LogP contribution in [-0.4, -0.2) is 27.3 Å². The molecule has 1 unspecified atom stereocenters. The molecule has 0 aliphatic heterocycles. The van der Waals surface area contributed by atoms with Crippen molar-refractivity contribution >= 4 is 24.4 Å². The first-order valence-corrected chi connectivity index (χ1v) is 8.95. The molecule has 0 aromatic rings. The van der Waals surface area contributed by atoms with Gasteiger partial charge in [0.05, 0.1) is 11.7 Å². The summed E-state index contributed by atoms with van der Waals surface area (Å²) in [5.74, 6) is 1.45. The Morgan fingerprint density at radius 3 is 1.90 bits per heavy atom. The molecule has 0 heterocycles. The smallest absolute Gasteiger partial charge is 0.109 e. The number of thioether (sulfide) groups is 1. The predicted octanol–water partition coefficient (Wildman–Crippen LogP) is 5.37. The highest BCUT2D eigenvalue weighted by molar-refractivity contribution is 8.00. The van der Waals surface area contributed by atoms with Gasteiger partial charge in [-0.2, -0.15) is 0 Å². The van der Waals surface area contributed by atoms with Crippen LogP contribution < -0.4 is 0 Å². The number of hydrogen-bond donors (Lipinski definition) is 1. The van der Waals surface area contributed by atoms with Crippen molar-refractivity contribution in [1.29, 1.82) is 0 Å². The Labute approximate surface area is 136 Å². The van der Waals surface area contributed by atoms with Gasteiger partial charge in [-0.25, -0.2) is 0 Å². The molecule has 4 heteroatoms. The third-order valence-electron chi connectivity index (χ3n) is 3.40. The third-order valence-corrected chi connectivity index (χ3v) is 4.92. The maximum absolute atomic E-state index is 6.28. The fourth-order valence-corrected chi connectivity index (χ4v) is 3.56. The molecular formula is C16H34O2S2. The van der Waals surface area contributed by atoms with Gasteiger partial charge in [0.15, 0.2) is 0 Å². The first kappa shape index (κ1) is 20.6. The Morgan fingerprint density at radius 2 is 1.50 bits per heavy atom. The van der Waals surface area contributed by atoms with E-state index in [4.69, 9.17) is 9.47 Å². The topological polar surface area (TPSA) is 18.5 Å². The Hall–Kier alpha value is 0.620. The molecule has 0 radical (unpaired) electrons. The largest absolute Gasteiger partial charge is 0.362 e. The molecule has 1 atom stereocenters. The fraction of sp³-hybridized carbons (Fsp3) is 1.00. The van der Waals surface area contributed by atoms with E-state index in [1.165, 1.54) is 0 Å². The zero-order chi connectivity index (χ0) is 16.2. The van der Waals surface area contributed by atoms with Gasteiger partial charge in [-0.15, -0.1) is 24.4 Å². The standard InChI is InChI=1S/C16H34O2S2/c1-12(2)14(5,6)18-15(7,8)20-11-10-16(9,19)17-13(3)4/h12-13,19H,10-11H2,1-9H3. The van der Waals surface area contributed by atoms with Crippen LogP contribution in [0.3, 0.4) is 0 Å². The Bertz CT molecular complexity index is 284. The van der Waals surface area contributed by atoms with Crippen molar-refractivity contribution < 1.29 is 9.47 Å². The van der Waals surface area contributed by atoms with E-state index in [0.717, 1.165) is 12.2 Å². The lowest BCUT2D eigenvalue weighted by Gasteiger charge is -2.39. The van der Waals surface area contributed by atoms with Crippen LogP contribution in [0.1, 0.15) is 68.7 Å². The molecule has 0 fully saturated rings. The molecule has 122 valence electrons. The monoisotopic (exact) mass is 322 g/mol. The molecule has 0 amide bonds. The minimum absolute atomic E-state index is 0.116. The lowest BCUT2D eigenvalue weighted by Crippen LogP contribution is -2.39. The highest BCUT2D eigenvalue weighted by atomic mass is 32.2. The third kappa shape index (κ3) is 8.81. The molecule has 2 nitrogen and oxygen atoms in total. The van der Waals surface area contributed by atoms with E-state index in [2.05, 4.69) is 54.2 Å². The molecule has 0 spiro atoms. The van der Waals surface area contributed by atoms with Crippen molar-refractivity contribution in [1.82, 2.24) is 0 Å². The summed E-state index contributed by atoms with van der Waals surface area (Å²) in [7, 11) is 0. The summed E-state index contributed by atoms with van der Waals surface area (Å²) in [6, 6.07) is 0. The zero-order valence-electron chi connectivity index (χ0n) is 14.7. The van der Waals surface area contributed by atoms with Gasteiger partial charge in [0.2, 0.25) is 0 Å². The number of rotatable bonds is 9. The van der Waals surface area contributed by atoms with Gasteiger partial charge < -0.3 is 9.47 Å². The summed E-state index contributed by atoms with van der Waals surface area (Å²) in [6.07, 6.45) is 1.10. The van der Waals surface area contributed by atoms with E-state index in [-0.39, 0.29) is 21.6 Å². The van der Waals surface area contributed by atoms with Crippen LogP contribution >= 0.6 is 24.4 Å². The van der Waals surface area contributed by atoms with Gasteiger partial charge in [-0.3, -0.25) is 0 Å². The number of hydrogen-bond acceptors (Lipinski definition) is 4. The Balaban J connectivity index is 4.30. The van der Waals surface area contributed by atoms with Crippen LogP contribution in [0.2, 0.25) is 0 Å². The van der Waals surface area contributed by atoms with E-state index in [9.17, 15) is 0 Å². The van der Waals surface area contributed by atoms with Crippen LogP contribution in [0.5, 0.6) is 0 Å². The second-order valence-corrected chi connectivity index (χ2v) is 9.83. The summed E-state index contributed by atoms with van der Waals surface area (Å²) >= 11 is 6.42. The van der Waals surface area contributed by atoms with Crippen LogP contribution in [0.25, 0.3) is 0 Å². The van der Waals surface area contributed by atoms with Crippen molar-refractivity contribution in [2.45, 2.75) is 90.3 Å². The van der Waals surface area contributed by atoms with Gasteiger partial charge in [0.1, 0.15) is 9.87 Å². The lowest BCUT2D eigenvalue weighted by molar-refractivity contribution is -0.100. The highest BCUT2D eigenvalue weighted by Crippen LogP contribution is 2.36. The molecule has 0 aromatic heterocycles. The molecule has 20 heavy (non-hydrogen) atoms. The van der Waals surface area contributed by atoms with E-state index >= 15 is 0 Å². The maximum Gasteiger partial charge on any atom is 0.109 e. The maximum atomic E-state index is 6.28. The van der Waals surface area contributed by atoms with Crippen molar-refractivity contribution in [2.24, 2.45) is 5.92 Å². The minimum atomic E-state index is -0.370. The normalized spacial score (nSPS) is 16.8. The van der Waals surface area contributed by atoms with Crippen molar-refractivity contribution in [3.63, 3.8) is 0 Å². The molecule has 0 aliphatic rings. The second-order valence-electron chi connectivity index (χ2n) is 7.20. The first-order chi connectivity index (χ1) is 8.77. The quantitative estimate of drug-likeness (QED) is 0.455. The van der Waals surface area contributed by atoms with Crippen molar-refractivity contribution in [3.8, 4) is 0 Å². The van der Waals surface area contributed by atoms with Crippen LogP contribution in [0, 0.1) is 5.92 Å². The Kier molecular flexibility index (Phi) is 7.99. The number of ether oxygens (including phenoxy) is 2. The van der Waals surface area contributed by atoms with E-state index < -0.39 is 0 Å². The average molecular weight is 323 g/mol. The van der Waals surface area contributed by atoms with Gasteiger partial charge in [0.25, 0.3) is 0 Å². The molecule has 0 aliphatic carbocycles. The minimum Gasteiger partial charge on any atom is -0.362 e. The summed E-state index contributed by atoms with van der Waals surface area (Å²) < 4.78 is 12.1. The van der Waals surface area contributed by atoms with Crippen LogP contribution in [0.15, 0.2) is 0 Å². The van der Waals surface area contributed by atoms with E-state index in [0.29, 0.717) is 5.92 Å². The summed E-state index contributed by atoms with van der Waals surface area (Å²) in [5, 5.41) is 0. The predicted molar refractivity (Wildman–Crippen MR) is 94.8 cm³/mol. The van der Waals surface area contributed by atoms with Crippen LogP contribution in [-0.2, 0) is 9.47 Å². The number of thiol groups is 1. The fourth-order valence-electron chi connectivity index (χ4n) is 1.83. The van der Waals surface area contributed by atoms with Gasteiger partial charge >= 0.3 is 0 Å². The molecule has 0 N–H and O–H groups in total. The molecule has 0 bridgehead atoms. The average Bonchev–Trinajstić information content (AvgIpc) is 2.11. The Morgan fingerprint density at radius 1 is 1.00 bits per heavy atom. The van der Waals surface area contributed by atoms with Crippen molar-refractivity contribution in [2.75, 3.05) is 5.75 Å². The first-order valence-electron chi connectivity index (χ1n) is 7.52. The highest BCUT2D eigenvalue weighted by Gasteiger charge is 2.32. The van der Waals surface area contributed by atoms with Gasteiger partial charge in [-0.05, 0) is 66.6 Å². The summed E-state index contributed by atoms with van der Waals surface area (Å²) in [4.78, 5) is -0.569. The van der Waals surface area contributed by atoms with Crippen LogP contribution in [0.4, 0.5) is 0 Å². The zero-order valence-corrected chi connectivity index (χ0v) is 16.5. The van der Waals surface area contributed by atoms with Gasteiger partial charge in [0, 0.05) is 0 Å². The summed E-state index contributed by atoms with van der Waals surface area (Å²) in [6.45, 7) is 19.1. The summed E-state index contributed by atoms with van der Waals surface area (Å²) in [5.41, 5.74) is -0.116. The molecule has 0 saturated carbocycles. The second kappa shape index (κ2) is 7.75. The molecule has 0 rings (SSSR count). The lowest BCUT2D eigenvalue weighted by atomic mass is 9.94. The van der Waals surface area contributed by atoms with E-state index in [1.54, 1.807) is 0 Å².